The van der Waals surface area contributed by atoms with Crippen LogP contribution in [0.4, 0.5) is 0 Å². The van der Waals surface area contributed by atoms with Gasteiger partial charge in [-0.15, -0.1) is 0 Å². The maximum absolute atomic E-state index is 11.3. The van der Waals surface area contributed by atoms with Crippen LogP contribution in [0, 0.1) is 0 Å². The van der Waals surface area contributed by atoms with Crippen molar-refractivity contribution in [3.63, 3.8) is 0 Å². The number of hydrogen-bond acceptors (Lipinski definition) is 4. The van der Waals surface area contributed by atoms with Crippen LogP contribution in [-0.2, 0) is 27.1 Å². The lowest BCUT2D eigenvalue weighted by molar-refractivity contribution is -0.117. The molecule has 0 spiro atoms. The van der Waals surface area contributed by atoms with Crippen molar-refractivity contribution < 1.29 is 19.0 Å². The fraction of sp³-hybridized carbons (Fsp3) is 0.400. The van der Waals surface area contributed by atoms with Gasteiger partial charge >= 0.3 is 0 Å². The zero-order valence-corrected chi connectivity index (χ0v) is 12.4. The lowest BCUT2D eigenvalue weighted by Crippen LogP contribution is -2.19. The summed E-state index contributed by atoms with van der Waals surface area (Å²) in [7, 11) is 4.77. The zero-order chi connectivity index (χ0) is 15.4. The van der Waals surface area contributed by atoms with E-state index in [-0.39, 0.29) is 6.42 Å². The molecule has 0 aliphatic carbocycles. The van der Waals surface area contributed by atoms with Crippen LogP contribution in [0.3, 0.4) is 0 Å². The van der Waals surface area contributed by atoms with Gasteiger partial charge in [-0.05, 0) is 17.7 Å². The van der Waals surface area contributed by atoms with E-state index in [9.17, 15) is 4.79 Å². The summed E-state index contributed by atoms with van der Waals surface area (Å²) in [6.45, 7) is 0. The number of fused-ring (bicyclic) bond motifs is 1. The van der Waals surface area contributed by atoms with Crippen molar-refractivity contribution in [2.75, 3.05) is 21.3 Å². The van der Waals surface area contributed by atoms with Crippen LogP contribution in [0.25, 0.3) is 10.9 Å². The summed E-state index contributed by atoms with van der Waals surface area (Å²) in [5, 5.41) is 0.926. The third kappa shape index (κ3) is 3.17. The number of amides is 1. The Morgan fingerprint density at radius 2 is 2.00 bits per heavy atom. The van der Waals surface area contributed by atoms with Crippen LogP contribution < -0.4 is 10.5 Å². The minimum atomic E-state index is -0.402. The predicted molar refractivity (Wildman–Crippen MR) is 79.3 cm³/mol. The number of carbonyl (C=O) groups excluding carboxylic acids is 1. The number of aromatic nitrogens is 1. The van der Waals surface area contributed by atoms with Crippen LogP contribution in [-0.4, -0.2) is 38.5 Å². The quantitative estimate of drug-likeness (QED) is 0.754. The van der Waals surface area contributed by atoms with Gasteiger partial charge in [-0.2, -0.15) is 0 Å². The second-order valence-corrected chi connectivity index (χ2v) is 4.71. The number of rotatable bonds is 7. The lowest BCUT2D eigenvalue weighted by atomic mass is 10.0. The Morgan fingerprint density at radius 1 is 1.29 bits per heavy atom. The molecule has 2 aromatic rings. The van der Waals surface area contributed by atoms with Gasteiger partial charge in [0.25, 0.3) is 0 Å². The van der Waals surface area contributed by atoms with E-state index in [0.29, 0.717) is 6.42 Å². The predicted octanol–water partition coefficient (Wildman–Crippen LogP) is 1.37. The topological polar surface area (TPSA) is 86.6 Å². The molecule has 6 nitrogen and oxygen atoms in total. The SMILES string of the molecule is COc1cccc2[nH]c(CC(N)=O)c(CC(OC)OC)c12. The third-order valence-electron chi connectivity index (χ3n) is 3.45. The molecule has 0 aliphatic rings. The Labute approximate surface area is 123 Å². The highest BCUT2D eigenvalue weighted by Gasteiger charge is 2.20. The second kappa shape index (κ2) is 6.60. The number of nitrogens with one attached hydrogen (secondary N) is 1. The highest BCUT2D eigenvalue weighted by Crippen LogP contribution is 2.32. The van der Waals surface area contributed by atoms with Gasteiger partial charge in [0.15, 0.2) is 6.29 Å². The van der Waals surface area contributed by atoms with Gasteiger partial charge in [0.2, 0.25) is 5.91 Å². The van der Waals surface area contributed by atoms with Gasteiger partial charge in [0, 0.05) is 37.2 Å². The molecule has 0 radical (unpaired) electrons. The molecule has 0 fully saturated rings. The molecule has 1 heterocycles. The van der Waals surface area contributed by atoms with Crippen LogP contribution in [0.5, 0.6) is 5.75 Å². The second-order valence-electron chi connectivity index (χ2n) is 4.71. The molecule has 21 heavy (non-hydrogen) atoms. The van der Waals surface area contributed by atoms with Crippen molar-refractivity contribution in [1.82, 2.24) is 4.98 Å². The Hall–Kier alpha value is -2.05. The molecular formula is C15H20N2O4. The Bertz CT molecular complexity index is 632. The molecule has 2 rings (SSSR count). The van der Waals surface area contributed by atoms with Gasteiger partial charge in [-0.3, -0.25) is 4.79 Å². The minimum absolute atomic E-state index is 0.132. The van der Waals surface area contributed by atoms with Gasteiger partial charge in [0.05, 0.1) is 13.5 Å². The van der Waals surface area contributed by atoms with E-state index in [4.69, 9.17) is 19.9 Å². The van der Waals surface area contributed by atoms with Gasteiger partial charge < -0.3 is 24.9 Å². The molecule has 0 unspecified atom stereocenters. The Balaban J connectivity index is 2.57. The summed E-state index contributed by atoms with van der Waals surface area (Å²) < 4.78 is 15.9. The maximum atomic E-state index is 11.3. The molecule has 6 heteroatoms. The molecule has 3 N–H and O–H groups in total. The monoisotopic (exact) mass is 292 g/mol. The third-order valence-corrected chi connectivity index (χ3v) is 3.45. The molecule has 114 valence electrons. The van der Waals surface area contributed by atoms with E-state index in [0.717, 1.165) is 27.9 Å². The molecule has 1 amide bonds. The maximum Gasteiger partial charge on any atom is 0.223 e. The molecule has 0 saturated heterocycles. The summed E-state index contributed by atoms with van der Waals surface area (Å²) >= 11 is 0. The molecule has 1 aromatic carbocycles. The van der Waals surface area contributed by atoms with E-state index in [1.807, 2.05) is 18.2 Å². The summed E-state index contributed by atoms with van der Waals surface area (Å²) in [5.41, 5.74) is 7.91. The average molecular weight is 292 g/mol. The molecule has 0 saturated carbocycles. The number of aromatic amines is 1. The first kappa shape index (κ1) is 15.3. The molecule has 1 aromatic heterocycles. The number of carbonyl (C=O) groups is 1. The van der Waals surface area contributed by atoms with Crippen LogP contribution in [0.1, 0.15) is 11.3 Å². The van der Waals surface area contributed by atoms with Gasteiger partial charge in [0.1, 0.15) is 5.75 Å². The minimum Gasteiger partial charge on any atom is -0.496 e. The van der Waals surface area contributed by atoms with Crippen molar-refractivity contribution in [3.8, 4) is 5.75 Å². The van der Waals surface area contributed by atoms with Gasteiger partial charge in [-0.25, -0.2) is 0 Å². The smallest absolute Gasteiger partial charge is 0.223 e. The van der Waals surface area contributed by atoms with Crippen molar-refractivity contribution in [2.45, 2.75) is 19.1 Å². The number of ether oxygens (including phenoxy) is 3. The number of benzene rings is 1. The number of H-pyrrole nitrogens is 1. The first-order valence-corrected chi connectivity index (χ1v) is 6.61. The summed E-state index contributed by atoms with van der Waals surface area (Å²) in [4.78, 5) is 14.5. The summed E-state index contributed by atoms with van der Waals surface area (Å²) in [6.07, 6.45) is 0.226. The fourth-order valence-electron chi connectivity index (χ4n) is 2.49. The largest absolute Gasteiger partial charge is 0.496 e. The standard InChI is InChI=1S/C15H20N2O4/c1-19-12-6-4-5-10-15(12)9(7-14(20-2)21-3)11(17-10)8-13(16)18/h4-6,14,17H,7-8H2,1-3H3,(H2,16,18). The fourth-order valence-corrected chi connectivity index (χ4v) is 2.49. The average Bonchev–Trinajstić information content (AvgIpc) is 2.81. The van der Waals surface area contributed by atoms with Crippen LogP contribution in [0.2, 0.25) is 0 Å². The van der Waals surface area contributed by atoms with Crippen molar-refractivity contribution in [1.29, 1.82) is 0 Å². The zero-order valence-electron chi connectivity index (χ0n) is 12.4. The first-order valence-electron chi connectivity index (χ1n) is 6.61. The summed E-state index contributed by atoms with van der Waals surface area (Å²) in [5.74, 6) is 0.341. The molecule has 0 aliphatic heterocycles. The number of methoxy groups -OCH3 is 3. The summed E-state index contributed by atoms with van der Waals surface area (Å²) in [6, 6.07) is 5.70. The lowest BCUT2D eigenvalue weighted by Gasteiger charge is -2.14. The van der Waals surface area contributed by atoms with Crippen LogP contribution in [0.15, 0.2) is 18.2 Å². The molecule has 0 bridgehead atoms. The van der Waals surface area contributed by atoms with E-state index in [1.165, 1.54) is 0 Å². The van der Waals surface area contributed by atoms with Gasteiger partial charge in [-0.1, -0.05) is 6.07 Å². The normalized spacial score (nSPS) is 11.2. The number of primary amides is 1. The van der Waals surface area contributed by atoms with E-state index in [2.05, 4.69) is 4.98 Å². The first-order chi connectivity index (χ1) is 10.1. The molecule has 0 atom stereocenters. The van der Waals surface area contributed by atoms with Crippen molar-refractivity contribution in [3.05, 3.63) is 29.5 Å². The highest BCUT2D eigenvalue weighted by atomic mass is 16.7. The van der Waals surface area contributed by atoms with E-state index >= 15 is 0 Å². The number of nitrogens with two attached hydrogens (primary N) is 1. The molecular weight excluding hydrogens is 272 g/mol. The highest BCUT2D eigenvalue weighted by molar-refractivity contribution is 5.92. The number of hydrogen-bond donors (Lipinski definition) is 2. The van der Waals surface area contributed by atoms with E-state index in [1.54, 1.807) is 21.3 Å². The van der Waals surface area contributed by atoms with Crippen molar-refractivity contribution >= 4 is 16.8 Å². The van der Waals surface area contributed by atoms with E-state index < -0.39 is 12.2 Å². The van der Waals surface area contributed by atoms with Crippen molar-refractivity contribution in [2.24, 2.45) is 5.73 Å². The Morgan fingerprint density at radius 3 is 2.57 bits per heavy atom. The Kier molecular flexibility index (Phi) is 4.82. The van der Waals surface area contributed by atoms with Crippen LogP contribution >= 0.6 is 0 Å².